The van der Waals surface area contributed by atoms with Gasteiger partial charge >= 0.3 is 0 Å². The summed E-state index contributed by atoms with van der Waals surface area (Å²) in [7, 11) is 0. The molecule has 1 aromatic rings. The summed E-state index contributed by atoms with van der Waals surface area (Å²) >= 11 is 5.78. The molecule has 90 valence electrons. The number of benzene rings is 1. The second kappa shape index (κ2) is 5.34. The minimum Gasteiger partial charge on any atom is -0.338 e. The third-order valence-corrected chi connectivity index (χ3v) is 3.08. The molecule has 1 amide bonds. The Balaban J connectivity index is 1.96. The van der Waals surface area contributed by atoms with E-state index in [0.717, 1.165) is 18.5 Å². The van der Waals surface area contributed by atoms with Crippen molar-refractivity contribution in [3.05, 3.63) is 40.9 Å². The monoisotopic (exact) mass is 250 g/mol. The van der Waals surface area contributed by atoms with Crippen molar-refractivity contribution in [3.8, 4) is 0 Å². The number of likely N-dealkylation sites (tertiary alicyclic amines) is 1. The molecule has 0 aromatic heterocycles. The van der Waals surface area contributed by atoms with Crippen LogP contribution in [-0.2, 0) is 4.79 Å². The van der Waals surface area contributed by atoms with E-state index in [9.17, 15) is 4.79 Å². The summed E-state index contributed by atoms with van der Waals surface area (Å²) < 4.78 is 0. The quantitative estimate of drug-likeness (QED) is 0.815. The lowest BCUT2D eigenvalue weighted by Gasteiger charge is -2.12. The van der Waals surface area contributed by atoms with E-state index in [2.05, 4.69) is 0 Å². The largest absolute Gasteiger partial charge is 0.338 e. The Morgan fingerprint density at radius 2 is 2.12 bits per heavy atom. The maximum Gasteiger partial charge on any atom is 0.246 e. The van der Waals surface area contributed by atoms with E-state index >= 15 is 0 Å². The summed E-state index contributed by atoms with van der Waals surface area (Å²) in [6, 6.07) is 7.49. The first-order chi connectivity index (χ1) is 8.15. The van der Waals surface area contributed by atoms with E-state index in [1.54, 1.807) is 29.2 Å². The van der Waals surface area contributed by atoms with Crippen LogP contribution in [0.5, 0.6) is 0 Å². The smallest absolute Gasteiger partial charge is 0.246 e. The summed E-state index contributed by atoms with van der Waals surface area (Å²) in [5.74, 6) is 0.0212. The van der Waals surface area contributed by atoms with Crippen molar-refractivity contribution in [2.75, 3.05) is 13.1 Å². The average molecular weight is 251 g/mol. The highest BCUT2D eigenvalue weighted by Gasteiger charge is 2.21. The SMILES string of the molecule is NC1CCN(C(=O)C=Cc2ccc(Cl)cc2)C1. The molecule has 1 fully saturated rings. The number of halogens is 1. The molecule has 0 saturated carbocycles. The van der Waals surface area contributed by atoms with Gasteiger partial charge in [-0.05, 0) is 30.2 Å². The number of carbonyl (C=O) groups is 1. The molecule has 2 rings (SSSR count). The molecule has 1 atom stereocenters. The first-order valence-corrected chi connectivity index (χ1v) is 6.01. The lowest BCUT2D eigenvalue weighted by Crippen LogP contribution is -2.30. The molecule has 1 heterocycles. The van der Waals surface area contributed by atoms with Crippen molar-refractivity contribution in [1.29, 1.82) is 0 Å². The Labute approximate surface area is 106 Å². The lowest BCUT2D eigenvalue weighted by atomic mass is 10.2. The number of rotatable bonds is 2. The molecule has 4 heteroatoms. The van der Waals surface area contributed by atoms with Crippen LogP contribution in [0, 0.1) is 0 Å². The van der Waals surface area contributed by atoms with Crippen LogP contribution >= 0.6 is 11.6 Å². The van der Waals surface area contributed by atoms with Crippen molar-refractivity contribution in [3.63, 3.8) is 0 Å². The molecule has 0 spiro atoms. The predicted molar refractivity (Wildman–Crippen MR) is 69.7 cm³/mol. The highest BCUT2D eigenvalue weighted by Crippen LogP contribution is 2.12. The van der Waals surface area contributed by atoms with Gasteiger partial charge in [0.15, 0.2) is 0 Å². The number of hydrogen-bond acceptors (Lipinski definition) is 2. The van der Waals surface area contributed by atoms with Gasteiger partial charge < -0.3 is 10.6 Å². The van der Waals surface area contributed by atoms with Crippen LogP contribution < -0.4 is 5.73 Å². The van der Waals surface area contributed by atoms with Crippen LogP contribution in [0.1, 0.15) is 12.0 Å². The van der Waals surface area contributed by atoms with Crippen molar-refractivity contribution >= 4 is 23.6 Å². The van der Waals surface area contributed by atoms with Crippen molar-refractivity contribution < 1.29 is 4.79 Å². The van der Waals surface area contributed by atoms with E-state index in [0.29, 0.717) is 11.6 Å². The fourth-order valence-electron chi connectivity index (χ4n) is 1.83. The number of nitrogens with zero attached hydrogens (tertiary/aromatic N) is 1. The molecule has 0 aliphatic carbocycles. The van der Waals surface area contributed by atoms with E-state index in [1.165, 1.54) is 0 Å². The average Bonchev–Trinajstić information content (AvgIpc) is 2.75. The van der Waals surface area contributed by atoms with Gasteiger partial charge in [0.05, 0.1) is 0 Å². The molecular weight excluding hydrogens is 236 g/mol. The predicted octanol–water partition coefficient (Wildman–Crippen LogP) is 1.91. The van der Waals surface area contributed by atoms with E-state index < -0.39 is 0 Å². The molecular formula is C13H15ClN2O. The lowest BCUT2D eigenvalue weighted by molar-refractivity contribution is -0.124. The second-order valence-electron chi connectivity index (χ2n) is 4.22. The van der Waals surface area contributed by atoms with Gasteiger partial charge in [0.2, 0.25) is 5.91 Å². The molecule has 0 radical (unpaired) electrons. The Morgan fingerprint density at radius 3 is 2.71 bits per heavy atom. The summed E-state index contributed by atoms with van der Waals surface area (Å²) in [5.41, 5.74) is 6.72. The zero-order valence-electron chi connectivity index (χ0n) is 9.47. The first kappa shape index (κ1) is 12.1. The Bertz CT molecular complexity index is 428. The summed E-state index contributed by atoms with van der Waals surface area (Å²) in [6.07, 6.45) is 4.27. The second-order valence-corrected chi connectivity index (χ2v) is 4.65. The number of hydrogen-bond donors (Lipinski definition) is 1. The van der Waals surface area contributed by atoms with Crippen LogP contribution in [0.2, 0.25) is 5.02 Å². The van der Waals surface area contributed by atoms with Gasteiger partial charge in [-0.15, -0.1) is 0 Å². The molecule has 1 aliphatic heterocycles. The molecule has 17 heavy (non-hydrogen) atoms. The van der Waals surface area contributed by atoms with Crippen LogP contribution in [-0.4, -0.2) is 29.9 Å². The molecule has 3 nitrogen and oxygen atoms in total. The number of amides is 1. The van der Waals surface area contributed by atoms with Gasteiger partial charge in [-0.3, -0.25) is 4.79 Å². The third kappa shape index (κ3) is 3.32. The minimum absolute atomic E-state index is 0.0212. The summed E-state index contributed by atoms with van der Waals surface area (Å²) in [6.45, 7) is 1.41. The maximum absolute atomic E-state index is 11.8. The number of nitrogens with two attached hydrogens (primary N) is 1. The highest BCUT2D eigenvalue weighted by molar-refractivity contribution is 6.30. The van der Waals surface area contributed by atoms with Gasteiger partial charge in [-0.2, -0.15) is 0 Å². The Morgan fingerprint density at radius 1 is 1.41 bits per heavy atom. The normalized spacial score (nSPS) is 20.1. The third-order valence-electron chi connectivity index (χ3n) is 2.82. The molecule has 1 saturated heterocycles. The summed E-state index contributed by atoms with van der Waals surface area (Å²) in [5, 5.41) is 0.694. The fourth-order valence-corrected chi connectivity index (χ4v) is 1.96. The van der Waals surface area contributed by atoms with Crippen LogP contribution in [0.4, 0.5) is 0 Å². The Kier molecular flexibility index (Phi) is 3.82. The van der Waals surface area contributed by atoms with Gasteiger partial charge in [-0.25, -0.2) is 0 Å². The Hall–Kier alpha value is -1.32. The molecule has 2 N–H and O–H groups in total. The summed E-state index contributed by atoms with van der Waals surface area (Å²) in [4.78, 5) is 13.6. The molecule has 0 bridgehead atoms. The minimum atomic E-state index is 0.0212. The maximum atomic E-state index is 11.8. The zero-order valence-corrected chi connectivity index (χ0v) is 10.2. The fraction of sp³-hybridized carbons (Fsp3) is 0.308. The number of carbonyl (C=O) groups excluding carboxylic acids is 1. The van der Waals surface area contributed by atoms with Crippen LogP contribution in [0.25, 0.3) is 6.08 Å². The van der Waals surface area contributed by atoms with E-state index in [1.807, 2.05) is 12.1 Å². The van der Waals surface area contributed by atoms with Crippen LogP contribution in [0.15, 0.2) is 30.3 Å². The molecule has 1 aliphatic rings. The van der Waals surface area contributed by atoms with Crippen molar-refractivity contribution in [2.24, 2.45) is 5.73 Å². The van der Waals surface area contributed by atoms with Gasteiger partial charge in [0, 0.05) is 30.2 Å². The first-order valence-electron chi connectivity index (χ1n) is 5.63. The highest BCUT2D eigenvalue weighted by atomic mass is 35.5. The van der Waals surface area contributed by atoms with E-state index in [-0.39, 0.29) is 11.9 Å². The van der Waals surface area contributed by atoms with E-state index in [4.69, 9.17) is 17.3 Å². The van der Waals surface area contributed by atoms with Crippen molar-refractivity contribution in [2.45, 2.75) is 12.5 Å². The van der Waals surface area contributed by atoms with Crippen molar-refractivity contribution in [1.82, 2.24) is 4.90 Å². The van der Waals surface area contributed by atoms with Crippen LogP contribution in [0.3, 0.4) is 0 Å². The van der Waals surface area contributed by atoms with Gasteiger partial charge in [0.25, 0.3) is 0 Å². The molecule has 1 aromatic carbocycles. The zero-order chi connectivity index (χ0) is 12.3. The topological polar surface area (TPSA) is 46.3 Å². The van der Waals surface area contributed by atoms with Gasteiger partial charge in [-0.1, -0.05) is 23.7 Å². The van der Waals surface area contributed by atoms with Gasteiger partial charge in [0.1, 0.15) is 0 Å². The standard InChI is InChI=1S/C13H15ClN2O/c14-11-4-1-10(2-5-11)3-6-13(17)16-8-7-12(15)9-16/h1-6,12H,7-9,15H2. The molecule has 1 unspecified atom stereocenters.